The van der Waals surface area contributed by atoms with Crippen LogP contribution in [0.1, 0.15) is 11.3 Å². The third-order valence-corrected chi connectivity index (χ3v) is 2.47. The highest BCUT2D eigenvalue weighted by atomic mass is 19.1. The average molecular weight is 250 g/mol. The van der Waals surface area contributed by atoms with Crippen molar-refractivity contribution >= 4 is 5.82 Å². The Morgan fingerprint density at radius 3 is 2.78 bits per heavy atom. The standard InChI is InChI=1S/C11H8F2N4O/c12-7-1-2-8(13)6(3-7)5-17-10(15)9(4-14)16-11(17)18/h1-3H,5,15H2,(H,16,18). The molecule has 0 fully saturated rings. The van der Waals surface area contributed by atoms with Crippen molar-refractivity contribution in [2.45, 2.75) is 6.54 Å². The van der Waals surface area contributed by atoms with E-state index in [4.69, 9.17) is 11.0 Å². The molecule has 2 aromatic rings. The summed E-state index contributed by atoms with van der Waals surface area (Å²) < 4.78 is 27.4. The van der Waals surface area contributed by atoms with Crippen molar-refractivity contribution in [3.8, 4) is 6.07 Å². The van der Waals surface area contributed by atoms with Crippen LogP contribution in [0.3, 0.4) is 0 Å². The topological polar surface area (TPSA) is 87.6 Å². The highest BCUT2D eigenvalue weighted by molar-refractivity contribution is 5.44. The second kappa shape index (κ2) is 4.33. The van der Waals surface area contributed by atoms with Crippen molar-refractivity contribution in [1.82, 2.24) is 9.55 Å². The number of hydrogen-bond acceptors (Lipinski definition) is 3. The molecule has 0 atom stereocenters. The van der Waals surface area contributed by atoms with Gasteiger partial charge in [0.1, 0.15) is 23.5 Å². The van der Waals surface area contributed by atoms with Gasteiger partial charge in [0.2, 0.25) is 0 Å². The zero-order valence-corrected chi connectivity index (χ0v) is 9.08. The van der Waals surface area contributed by atoms with Crippen LogP contribution in [0.2, 0.25) is 0 Å². The number of benzene rings is 1. The molecule has 0 bridgehead atoms. The lowest BCUT2D eigenvalue weighted by atomic mass is 10.2. The van der Waals surface area contributed by atoms with Gasteiger partial charge in [0.05, 0.1) is 6.54 Å². The Bertz CT molecular complexity index is 696. The number of imidazole rings is 1. The van der Waals surface area contributed by atoms with Crippen LogP contribution in [0, 0.1) is 23.0 Å². The zero-order valence-electron chi connectivity index (χ0n) is 9.08. The van der Waals surface area contributed by atoms with Gasteiger partial charge in [-0.1, -0.05) is 0 Å². The van der Waals surface area contributed by atoms with Crippen LogP contribution in [0.4, 0.5) is 14.6 Å². The molecule has 0 saturated heterocycles. The second-order valence-corrected chi connectivity index (χ2v) is 3.62. The largest absolute Gasteiger partial charge is 0.383 e. The number of nitrogen functional groups attached to an aromatic ring is 1. The predicted octanol–water partition coefficient (Wildman–Crippen LogP) is 0.957. The summed E-state index contributed by atoms with van der Waals surface area (Å²) in [5, 5.41) is 8.67. The number of nitrogens with two attached hydrogens (primary N) is 1. The first-order valence-corrected chi connectivity index (χ1v) is 4.95. The van der Waals surface area contributed by atoms with Gasteiger partial charge in [0.15, 0.2) is 5.69 Å². The lowest BCUT2D eigenvalue weighted by molar-refractivity contribution is 0.576. The molecule has 0 saturated carbocycles. The van der Waals surface area contributed by atoms with Gasteiger partial charge >= 0.3 is 5.69 Å². The number of hydrogen-bond donors (Lipinski definition) is 2. The Labute approximate surface area is 100 Å². The normalized spacial score (nSPS) is 10.3. The van der Waals surface area contributed by atoms with Gasteiger partial charge in [-0.2, -0.15) is 5.26 Å². The van der Waals surface area contributed by atoms with E-state index in [-0.39, 0.29) is 23.6 Å². The van der Waals surface area contributed by atoms with E-state index in [1.54, 1.807) is 6.07 Å². The molecule has 0 amide bonds. The maximum Gasteiger partial charge on any atom is 0.328 e. The number of aromatic amines is 1. The van der Waals surface area contributed by atoms with Gasteiger partial charge in [-0.25, -0.2) is 13.6 Å². The van der Waals surface area contributed by atoms with Crippen molar-refractivity contribution < 1.29 is 8.78 Å². The number of halogens is 2. The molecule has 7 heteroatoms. The molecular weight excluding hydrogens is 242 g/mol. The van der Waals surface area contributed by atoms with Crippen LogP contribution in [-0.4, -0.2) is 9.55 Å². The van der Waals surface area contributed by atoms with Crippen molar-refractivity contribution in [3.05, 3.63) is 51.6 Å². The number of H-pyrrole nitrogens is 1. The number of nitriles is 1. The van der Waals surface area contributed by atoms with Crippen LogP contribution < -0.4 is 11.4 Å². The molecule has 0 aliphatic carbocycles. The van der Waals surface area contributed by atoms with Crippen molar-refractivity contribution in [3.63, 3.8) is 0 Å². The molecule has 0 unspecified atom stereocenters. The lowest BCUT2D eigenvalue weighted by Gasteiger charge is -2.05. The number of aromatic nitrogens is 2. The van der Waals surface area contributed by atoms with Crippen LogP contribution in [0.25, 0.3) is 0 Å². The fraction of sp³-hybridized carbons (Fsp3) is 0.0909. The first kappa shape index (κ1) is 11.9. The van der Waals surface area contributed by atoms with Crippen molar-refractivity contribution in [2.24, 2.45) is 0 Å². The molecule has 0 spiro atoms. The maximum atomic E-state index is 13.4. The predicted molar refractivity (Wildman–Crippen MR) is 59.6 cm³/mol. The van der Waals surface area contributed by atoms with Crippen LogP contribution in [0.15, 0.2) is 23.0 Å². The number of rotatable bonds is 2. The molecule has 0 aliphatic rings. The first-order valence-electron chi connectivity index (χ1n) is 4.95. The summed E-state index contributed by atoms with van der Waals surface area (Å²) >= 11 is 0. The van der Waals surface area contributed by atoms with Gasteiger partial charge < -0.3 is 5.73 Å². The Hall–Kier alpha value is -2.62. The highest BCUT2D eigenvalue weighted by Gasteiger charge is 2.13. The highest BCUT2D eigenvalue weighted by Crippen LogP contribution is 2.13. The number of anilines is 1. The third-order valence-electron chi connectivity index (χ3n) is 2.47. The van der Waals surface area contributed by atoms with E-state index in [1.165, 1.54) is 0 Å². The number of nitrogens with one attached hydrogen (secondary N) is 1. The van der Waals surface area contributed by atoms with Gasteiger partial charge in [-0.05, 0) is 18.2 Å². The molecule has 1 aromatic heterocycles. The molecule has 5 nitrogen and oxygen atoms in total. The van der Waals surface area contributed by atoms with E-state index in [2.05, 4.69) is 4.98 Å². The minimum absolute atomic E-state index is 0.0210. The van der Waals surface area contributed by atoms with E-state index in [1.807, 2.05) is 0 Å². The Balaban J connectivity index is 2.47. The monoisotopic (exact) mass is 250 g/mol. The minimum Gasteiger partial charge on any atom is -0.383 e. The summed E-state index contributed by atoms with van der Waals surface area (Å²) in [7, 11) is 0. The van der Waals surface area contributed by atoms with Crippen LogP contribution in [-0.2, 0) is 6.54 Å². The molecule has 1 aromatic carbocycles. The van der Waals surface area contributed by atoms with E-state index in [9.17, 15) is 13.6 Å². The van der Waals surface area contributed by atoms with Crippen molar-refractivity contribution in [2.75, 3.05) is 5.73 Å². The summed E-state index contributed by atoms with van der Waals surface area (Å²) in [4.78, 5) is 13.7. The van der Waals surface area contributed by atoms with Crippen LogP contribution in [0.5, 0.6) is 0 Å². The average Bonchev–Trinajstić information content (AvgIpc) is 2.61. The fourth-order valence-corrected chi connectivity index (χ4v) is 1.56. The van der Waals surface area contributed by atoms with Gasteiger partial charge in [-0.3, -0.25) is 9.55 Å². The third kappa shape index (κ3) is 1.96. The van der Waals surface area contributed by atoms with Gasteiger partial charge in [-0.15, -0.1) is 0 Å². The second-order valence-electron chi connectivity index (χ2n) is 3.62. The van der Waals surface area contributed by atoms with Gasteiger partial charge in [0, 0.05) is 5.56 Å². The quantitative estimate of drug-likeness (QED) is 0.832. The lowest BCUT2D eigenvalue weighted by Crippen LogP contribution is -2.19. The summed E-state index contributed by atoms with van der Waals surface area (Å²) in [5.74, 6) is -1.37. The van der Waals surface area contributed by atoms with E-state index < -0.39 is 17.3 Å². The van der Waals surface area contributed by atoms with Gasteiger partial charge in [0.25, 0.3) is 0 Å². The first-order chi connectivity index (χ1) is 8.52. The summed E-state index contributed by atoms with van der Waals surface area (Å²) in [5.41, 5.74) is 4.78. The smallest absolute Gasteiger partial charge is 0.328 e. The molecule has 92 valence electrons. The van der Waals surface area contributed by atoms with E-state index in [0.717, 1.165) is 22.8 Å². The van der Waals surface area contributed by atoms with Crippen LogP contribution >= 0.6 is 0 Å². The summed E-state index contributed by atoms with van der Waals surface area (Å²) in [6.07, 6.45) is 0. The SMILES string of the molecule is N#Cc1[nH]c(=O)n(Cc2cc(F)ccc2F)c1N. The molecule has 18 heavy (non-hydrogen) atoms. The van der Waals surface area contributed by atoms with E-state index in [0.29, 0.717) is 0 Å². The maximum absolute atomic E-state index is 13.4. The minimum atomic E-state index is -0.651. The molecule has 0 radical (unpaired) electrons. The van der Waals surface area contributed by atoms with E-state index >= 15 is 0 Å². The summed E-state index contributed by atoms with van der Waals surface area (Å²) in [6, 6.07) is 4.61. The van der Waals surface area contributed by atoms with Crippen molar-refractivity contribution in [1.29, 1.82) is 5.26 Å². The molecule has 2 rings (SSSR count). The fourth-order valence-electron chi connectivity index (χ4n) is 1.56. The molecule has 3 N–H and O–H groups in total. The summed E-state index contributed by atoms with van der Waals surface area (Å²) in [6.45, 7) is -0.244. The molecule has 0 aliphatic heterocycles. The number of nitrogens with zero attached hydrogens (tertiary/aromatic N) is 2. The Morgan fingerprint density at radius 2 is 2.17 bits per heavy atom. The Kier molecular flexibility index (Phi) is 2.85. The molecular formula is C11H8F2N4O. The zero-order chi connectivity index (χ0) is 13.3. The Morgan fingerprint density at radius 1 is 1.44 bits per heavy atom. The molecule has 1 heterocycles.